The zero-order chi connectivity index (χ0) is 19.2. The first-order valence-electron chi connectivity index (χ1n) is 7.74. The van der Waals surface area contributed by atoms with E-state index in [1.165, 1.54) is 12.1 Å². The van der Waals surface area contributed by atoms with Gasteiger partial charge in [0.25, 0.3) is 5.89 Å². The number of hydrogen-bond acceptors (Lipinski definition) is 5. The van der Waals surface area contributed by atoms with Crippen LogP contribution in [0.2, 0.25) is 0 Å². The lowest BCUT2D eigenvalue weighted by Crippen LogP contribution is -2.04. The molecule has 0 fully saturated rings. The Bertz CT molecular complexity index is 896. The smallest absolute Gasteiger partial charge is 0.408 e. The van der Waals surface area contributed by atoms with E-state index in [1.54, 1.807) is 30.3 Å². The maximum Gasteiger partial charge on any atom is 0.416 e. The van der Waals surface area contributed by atoms with Crippen LogP contribution in [0.15, 0.2) is 52.9 Å². The summed E-state index contributed by atoms with van der Waals surface area (Å²) in [4.78, 5) is 0. The maximum atomic E-state index is 12.6. The highest BCUT2D eigenvalue weighted by Gasteiger charge is 2.29. The third-order valence-corrected chi connectivity index (χ3v) is 3.17. The van der Waals surface area contributed by atoms with Crippen molar-refractivity contribution in [1.82, 2.24) is 10.2 Å². The van der Waals surface area contributed by atoms with Crippen LogP contribution in [-0.2, 0) is 6.18 Å². The van der Waals surface area contributed by atoms with E-state index in [9.17, 15) is 13.2 Å². The van der Waals surface area contributed by atoms with E-state index in [1.807, 2.05) is 13.8 Å². The molecule has 0 aliphatic heterocycles. The Morgan fingerprint density at radius 3 is 2.23 bits per heavy atom. The van der Waals surface area contributed by atoms with Gasteiger partial charge in [-0.3, -0.25) is 0 Å². The van der Waals surface area contributed by atoms with Gasteiger partial charge in [0, 0.05) is 5.69 Å². The molecule has 26 heavy (non-hydrogen) atoms. The Labute approximate surface area is 148 Å². The van der Waals surface area contributed by atoms with Crippen LogP contribution in [0.1, 0.15) is 25.3 Å². The first kappa shape index (κ1) is 19.0. The highest BCUT2D eigenvalue weighted by molar-refractivity contribution is 5.76. The second-order valence-electron chi connectivity index (χ2n) is 4.77. The fourth-order valence-corrected chi connectivity index (χ4v) is 2.05. The number of para-hydroxylation sites is 1. The third kappa shape index (κ3) is 4.39. The minimum Gasteiger partial charge on any atom is -0.408 e. The fraction of sp³-hybridized carbons (Fsp3) is 0.167. The van der Waals surface area contributed by atoms with Gasteiger partial charge in [0.15, 0.2) is 6.07 Å². The molecule has 0 atom stereocenters. The summed E-state index contributed by atoms with van der Waals surface area (Å²) in [6, 6.07) is 13.3. The van der Waals surface area contributed by atoms with Crippen molar-refractivity contribution in [3.8, 4) is 17.5 Å². The van der Waals surface area contributed by atoms with E-state index in [2.05, 4.69) is 15.5 Å². The number of aromatic nitrogens is 2. The van der Waals surface area contributed by atoms with E-state index in [0.717, 1.165) is 12.1 Å². The quantitative estimate of drug-likeness (QED) is 0.677. The molecule has 5 nitrogen and oxygen atoms in total. The Morgan fingerprint density at radius 1 is 1.00 bits per heavy atom. The number of hydrogen-bond donors (Lipinski definition) is 1. The van der Waals surface area contributed by atoms with Gasteiger partial charge in [0.2, 0.25) is 0 Å². The van der Waals surface area contributed by atoms with E-state index >= 15 is 0 Å². The van der Waals surface area contributed by atoms with Crippen molar-refractivity contribution in [2.75, 3.05) is 5.32 Å². The fourth-order valence-electron chi connectivity index (χ4n) is 2.05. The first-order valence-corrected chi connectivity index (χ1v) is 7.74. The van der Waals surface area contributed by atoms with E-state index in [0.29, 0.717) is 16.9 Å². The molecule has 1 aromatic heterocycles. The number of nitrogens with one attached hydrogen (secondary N) is 1. The zero-order valence-electron chi connectivity index (χ0n) is 14.0. The molecule has 3 aromatic rings. The van der Waals surface area contributed by atoms with Gasteiger partial charge in [-0.2, -0.15) is 18.4 Å². The van der Waals surface area contributed by atoms with E-state index in [-0.39, 0.29) is 11.8 Å². The predicted octanol–water partition coefficient (Wildman–Crippen LogP) is 5.40. The molecule has 134 valence electrons. The number of nitrogens with zero attached hydrogens (tertiary/aromatic N) is 3. The molecule has 1 heterocycles. The lowest BCUT2D eigenvalue weighted by atomic mass is 10.1. The van der Waals surface area contributed by atoms with Crippen LogP contribution < -0.4 is 5.32 Å². The maximum absolute atomic E-state index is 12.6. The first-order chi connectivity index (χ1) is 12.5. The second-order valence-corrected chi connectivity index (χ2v) is 4.77. The highest BCUT2D eigenvalue weighted by Crippen LogP contribution is 2.32. The monoisotopic (exact) mass is 360 g/mol. The van der Waals surface area contributed by atoms with Crippen LogP contribution in [0.5, 0.6) is 0 Å². The summed E-state index contributed by atoms with van der Waals surface area (Å²) in [7, 11) is 0. The van der Waals surface area contributed by atoms with E-state index < -0.39 is 11.7 Å². The van der Waals surface area contributed by atoms with Crippen LogP contribution >= 0.6 is 0 Å². The molecule has 0 bridgehead atoms. The highest BCUT2D eigenvalue weighted by atomic mass is 19.4. The Kier molecular flexibility index (Phi) is 5.96. The number of rotatable bonds is 3. The number of benzene rings is 2. The van der Waals surface area contributed by atoms with Crippen molar-refractivity contribution in [3.05, 3.63) is 60.0 Å². The molecule has 0 aliphatic rings. The van der Waals surface area contributed by atoms with Crippen molar-refractivity contribution in [1.29, 1.82) is 5.26 Å². The van der Waals surface area contributed by atoms with Crippen LogP contribution in [0.3, 0.4) is 0 Å². The number of alkyl halides is 3. The minimum absolute atomic E-state index is 0.140. The molecule has 0 amide bonds. The summed E-state index contributed by atoms with van der Waals surface area (Å²) in [5.41, 5.74) is 0.837. The average molecular weight is 360 g/mol. The van der Waals surface area contributed by atoms with Crippen molar-refractivity contribution in [3.63, 3.8) is 0 Å². The Hall–Kier alpha value is -3.34. The number of halogens is 3. The van der Waals surface area contributed by atoms with E-state index in [4.69, 9.17) is 9.68 Å². The molecule has 0 saturated carbocycles. The molecule has 0 unspecified atom stereocenters. The molecular weight excluding hydrogens is 345 g/mol. The number of anilines is 2. The molecule has 8 heteroatoms. The minimum atomic E-state index is -4.38. The van der Waals surface area contributed by atoms with Gasteiger partial charge in [0.05, 0.1) is 16.8 Å². The van der Waals surface area contributed by atoms with Crippen LogP contribution in [0.25, 0.3) is 11.5 Å². The van der Waals surface area contributed by atoms with Crippen molar-refractivity contribution in [2.24, 2.45) is 0 Å². The molecule has 0 radical (unpaired) electrons. The molecule has 0 spiro atoms. The zero-order valence-corrected chi connectivity index (χ0v) is 14.0. The van der Waals surface area contributed by atoms with Crippen molar-refractivity contribution >= 4 is 11.4 Å². The third-order valence-electron chi connectivity index (χ3n) is 3.17. The summed E-state index contributed by atoms with van der Waals surface area (Å²) in [6.07, 6.45) is -4.38. The second kappa shape index (κ2) is 8.16. The van der Waals surface area contributed by atoms with Gasteiger partial charge in [-0.25, -0.2) is 0 Å². The van der Waals surface area contributed by atoms with Crippen LogP contribution in [-0.4, -0.2) is 10.2 Å². The average Bonchev–Trinajstić information content (AvgIpc) is 3.13. The summed E-state index contributed by atoms with van der Waals surface area (Å²) in [5, 5.41) is 19.1. The lowest BCUT2D eigenvalue weighted by Gasteiger charge is -2.11. The lowest BCUT2D eigenvalue weighted by molar-refractivity contribution is -0.137. The molecule has 0 aliphatic carbocycles. The van der Waals surface area contributed by atoms with Gasteiger partial charge in [-0.15, -0.1) is 5.10 Å². The standard InChI is InChI=1S/C16H9F3N4O.C2H6/c17-16(18,19)10-5-7-11(8-6-10)21-13-4-2-1-3-12(13)15-23-22-14(9-20)24-15;1-2/h1-8,21H;1-2H3. The summed E-state index contributed by atoms with van der Waals surface area (Å²) in [6.45, 7) is 4.00. The predicted molar refractivity (Wildman–Crippen MR) is 90.5 cm³/mol. The van der Waals surface area contributed by atoms with Gasteiger partial charge < -0.3 is 9.73 Å². The van der Waals surface area contributed by atoms with Crippen LogP contribution in [0.4, 0.5) is 24.5 Å². The molecule has 3 rings (SSSR count). The van der Waals surface area contributed by atoms with Gasteiger partial charge in [-0.05, 0) is 36.4 Å². The van der Waals surface area contributed by atoms with Crippen molar-refractivity contribution in [2.45, 2.75) is 20.0 Å². The summed E-state index contributed by atoms with van der Waals surface area (Å²) in [5.74, 6) is -0.0316. The topological polar surface area (TPSA) is 74.7 Å². The SMILES string of the molecule is CC.N#Cc1nnc(-c2ccccc2Nc2ccc(C(F)(F)F)cc2)o1. The number of nitriles is 1. The van der Waals surface area contributed by atoms with Crippen molar-refractivity contribution < 1.29 is 17.6 Å². The molecule has 2 aromatic carbocycles. The molecule has 0 saturated heterocycles. The summed E-state index contributed by atoms with van der Waals surface area (Å²) < 4.78 is 43.0. The summed E-state index contributed by atoms with van der Waals surface area (Å²) >= 11 is 0. The normalized spacial score (nSPS) is 10.5. The molecular formula is C18H15F3N4O. The Morgan fingerprint density at radius 2 is 1.65 bits per heavy atom. The van der Waals surface area contributed by atoms with Crippen LogP contribution in [0, 0.1) is 11.3 Å². The Balaban J connectivity index is 0.00000117. The van der Waals surface area contributed by atoms with Gasteiger partial charge in [-0.1, -0.05) is 31.1 Å². The van der Waals surface area contributed by atoms with Gasteiger partial charge in [0.1, 0.15) is 0 Å². The molecule has 1 N–H and O–H groups in total. The van der Waals surface area contributed by atoms with Gasteiger partial charge >= 0.3 is 12.1 Å². The largest absolute Gasteiger partial charge is 0.416 e.